The number of nitrogens with zero attached hydrogens (tertiary/aromatic N) is 4. The third kappa shape index (κ3) is 3.24. The molecule has 0 amide bonds. The predicted molar refractivity (Wildman–Crippen MR) is 102 cm³/mol. The lowest BCUT2D eigenvalue weighted by atomic mass is 10.1. The second-order valence-corrected chi connectivity index (χ2v) is 6.49. The first-order valence-corrected chi connectivity index (χ1v) is 8.90. The molecule has 29 heavy (non-hydrogen) atoms. The van der Waals surface area contributed by atoms with Crippen molar-refractivity contribution in [3.05, 3.63) is 42.5 Å². The van der Waals surface area contributed by atoms with E-state index in [0.29, 0.717) is 22.4 Å². The number of anilines is 2. The van der Waals surface area contributed by atoms with Gasteiger partial charge < -0.3 is 30.7 Å². The molecule has 11 nitrogen and oxygen atoms in total. The molecule has 2 aromatic heterocycles. The highest BCUT2D eigenvalue weighted by atomic mass is 16.6. The summed E-state index contributed by atoms with van der Waals surface area (Å²) in [7, 11) is 1.68. The fraction of sp³-hybridized carbons (Fsp3) is 0.333. The fourth-order valence-corrected chi connectivity index (χ4v) is 3.36. The Balaban J connectivity index is 1.61. The van der Waals surface area contributed by atoms with Crippen LogP contribution in [0.25, 0.3) is 11.2 Å². The molecule has 1 aliphatic rings. The van der Waals surface area contributed by atoms with Crippen molar-refractivity contribution in [3.63, 3.8) is 0 Å². The number of para-hydroxylation sites is 1. The maximum absolute atomic E-state index is 12.7. The van der Waals surface area contributed by atoms with Gasteiger partial charge in [0.05, 0.1) is 18.5 Å². The molecule has 5 N–H and O–H groups in total. The first-order valence-electron chi connectivity index (χ1n) is 8.90. The number of fused-ring (bicyclic) bond motifs is 1. The van der Waals surface area contributed by atoms with E-state index in [4.69, 9.17) is 15.2 Å². The number of aliphatic hydroxyl groups is 2. The number of nitrogens with one attached hydrogen (secondary N) is 1. The number of ether oxygens (including phenoxy) is 2. The van der Waals surface area contributed by atoms with Crippen molar-refractivity contribution < 1.29 is 24.5 Å². The van der Waals surface area contributed by atoms with Crippen LogP contribution in [-0.4, -0.2) is 67.7 Å². The molecule has 3 heterocycles. The number of imidazole rings is 1. The Morgan fingerprint density at radius 2 is 2.14 bits per heavy atom. The molecule has 0 bridgehead atoms. The Labute approximate surface area is 165 Å². The first kappa shape index (κ1) is 19.1. The molecule has 1 fully saturated rings. The average molecular weight is 400 g/mol. The summed E-state index contributed by atoms with van der Waals surface area (Å²) >= 11 is 0. The molecule has 3 aromatic rings. The SMILES string of the molecule is CNc1ccccc1C(=O)O[C@H]1[C@@H](O)[C@H](n2cnc3c(N)ncnc32)O[C@@H]1CO. The molecule has 4 rings (SSSR count). The fourth-order valence-electron chi connectivity index (χ4n) is 3.36. The molecule has 152 valence electrons. The molecule has 0 spiro atoms. The quantitative estimate of drug-likeness (QED) is 0.427. The lowest BCUT2D eigenvalue weighted by Gasteiger charge is -2.20. The number of nitrogens with two attached hydrogens (primary N) is 1. The average Bonchev–Trinajstić information content (AvgIpc) is 3.30. The van der Waals surface area contributed by atoms with E-state index in [0.717, 1.165) is 0 Å². The van der Waals surface area contributed by atoms with Gasteiger partial charge in [0, 0.05) is 12.7 Å². The first-order chi connectivity index (χ1) is 14.0. The number of hydrogen-bond donors (Lipinski definition) is 4. The number of aromatic nitrogens is 4. The lowest BCUT2D eigenvalue weighted by molar-refractivity contribution is -0.0529. The van der Waals surface area contributed by atoms with Crippen LogP contribution in [0.4, 0.5) is 11.5 Å². The Kier molecular flexibility index (Phi) is 5.01. The van der Waals surface area contributed by atoms with E-state index in [-0.39, 0.29) is 5.82 Å². The van der Waals surface area contributed by atoms with Crippen LogP contribution in [0.15, 0.2) is 36.9 Å². The van der Waals surface area contributed by atoms with Crippen molar-refractivity contribution in [1.82, 2.24) is 19.5 Å². The number of nitrogen functional groups attached to an aromatic ring is 1. The van der Waals surface area contributed by atoms with E-state index in [1.54, 1.807) is 31.3 Å². The Morgan fingerprint density at radius 3 is 2.90 bits per heavy atom. The van der Waals surface area contributed by atoms with Gasteiger partial charge in [-0.05, 0) is 12.1 Å². The van der Waals surface area contributed by atoms with Crippen molar-refractivity contribution in [2.75, 3.05) is 24.7 Å². The normalized spacial score (nSPS) is 24.0. The smallest absolute Gasteiger partial charge is 0.340 e. The van der Waals surface area contributed by atoms with Crippen LogP contribution in [-0.2, 0) is 9.47 Å². The van der Waals surface area contributed by atoms with Crippen molar-refractivity contribution >= 4 is 28.6 Å². The Hall–Kier alpha value is -3.28. The molecule has 1 saturated heterocycles. The lowest BCUT2D eigenvalue weighted by Crippen LogP contribution is -2.38. The highest BCUT2D eigenvalue weighted by Gasteiger charge is 2.47. The summed E-state index contributed by atoms with van der Waals surface area (Å²) in [6.45, 7) is -0.455. The maximum Gasteiger partial charge on any atom is 0.340 e. The van der Waals surface area contributed by atoms with Gasteiger partial charge in [-0.25, -0.2) is 19.7 Å². The Bertz CT molecular complexity index is 1040. The summed E-state index contributed by atoms with van der Waals surface area (Å²) in [5.74, 6) is -0.463. The van der Waals surface area contributed by atoms with Crippen LogP contribution < -0.4 is 11.1 Å². The van der Waals surface area contributed by atoms with E-state index in [1.165, 1.54) is 17.2 Å². The van der Waals surface area contributed by atoms with Gasteiger partial charge in [-0.15, -0.1) is 0 Å². The molecule has 0 saturated carbocycles. The van der Waals surface area contributed by atoms with E-state index in [1.807, 2.05) is 0 Å². The topological polar surface area (TPSA) is 158 Å². The number of aliphatic hydroxyl groups excluding tert-OH is 2. The summed E-state index contributed by atoms with van der Waals surface area (Å²) in [6.07, 6.45) is -1.61. The van der Waals surface area contributed by atoms with Crippen molar-refractivity contribution in [2.45, 2.75) is 24.5 Å². The second kappa shape index (κ2) is 7.62. The zero-order valence-corrected chi connectivity index (χ0v) is 15.5. The third-order valence-electron chi connectivity index (χ3n) is 4.81. The van der Waals surface area contributed by atoms with Gasteiger partial charge in [-0.3, -0.25) is 4.57 Å². The monoisotopic (exact) mass is 400 g/mol. The predicted octanol–water partition coefficient (Wildman–Crippen LogP) is -0.0736. The standard InChI is InChI=1S/C18H20N6O5/c1-20-10-5-3-2-4-9(10)18(27)29-14-11(6-25)28-17(13(14)26)24-8-23-12-15(19)21-7-22-16(12)24/h2-5,7-8,11,13-14,17,20,25-26H,6H2,1H3,(H2,19,21,22)/t11-,13-,14-,17-/m1/s1. The van der Waals surface area contributed by atoms with Gasteiger partial charge in [0.1, 0.15) is 24.1 Å². The third-order valence-corrected chi connectivity index (χ3v) is 4.81. The molecule has 0 radical (unpaired) electrons. The molecular weight excluding hydrogens is 380 g/mol. The molecule has 4 atom stereocenters. The number of benzene rings is 1. The van der Waals surface area contributed by atoms with Crippen LogP contribution in [0.5, 0.6) is 0 Å². The number of hydrogen-bond acceptors (Lipinski definition) is 10. The molecule has 1 aromatic carbocycles. The summed E-state index contributed by atoms with van der Waals surface area (Å²) < 4.78 is 12.7. The second-order valence-electron chi connectivity index (χ2n) is 6.49. The van der Waals surface area contributed by atoms with Gasteiger partial charge in [0.25, 0.3) is 0 Å². The number of carbonyl (C=O) groups is 1. The summed E-state index contributed by atoms with van der Waals surface area (Å²) in [6, 6.07) is 6.81. The molecule has 0 aliphatic carbocycles. The molecule has 1 aliphatic heterocycles. The highest BCUT2D eigenvalue weighted by molar-refractivity contribution is 5.95. The summed E-state index contributed by atoms with van der Waals surface area (Å²) in [4.78, 5) is 24.8. The highest BCUT2D eigenvalue weighted by Crippen LogP contribution is 2.34. The van der Waals surface area contributed by atoms with Crippen molar-refractivity contribution in [3.8, 4) is 0 Å². The molecule has 0 unspecified atom stereocenters. The molecular formula is C18H20N6O5. The number of esters is 1. The van der Waals surface area contributed by atoms with Crippen LogP contribution in [0.2, 0.25) is 0 Å². The number of carbonyl (C=O) groups excluding carboxylic acids is 1. The van der Waals surface area contributed by atoms with E-state index >= 15 is 0 Å². The van der Waals surface area contributed by atoms with Crippen LogP contribution in [0.3, 0.4) is 0 Å². The maximum atomic E-state index is 12.7. The minimum absolute atomic E-state index is 0.187. The minimum Gasteiger partial charge on any atom is -0.453 e. The van der Waals surface area contributed by atoms with E-state index in [9.17, 15) is 15.0 Å². The number of rotatable bonds is 5. The largest absolute Gasteiger partial charge is 0.453 e. The van der Waals surface area contributed by atoms with Crippen LogP contribution >= 0.6 is 0 Å². The van der Waals surface area contributed by atoms with Gasteiger partial charge in [-0.2, -0.15) is 0 Å². The van der Waals surface area contributed by atoms with Gasteiger partial charge >= 0.3 is 5.97 Å². The van der Waals surface area contributed by atoms with Crippen molar-refractivity contribution in [1.29, 1.82) is 0 Å². The van der Waals surface area contributed by atoms with Gasteiger partial charge in [0.2, 0.25) is 0 Å². The minimum atomic E-state index is -1.27. The molecule has 11 heteroatoms. The Morgan fingerprint density at radius 1 is 1.34 bits per heavy atom. The summed E-state index contributed by atoms with van der Waals surface area (Å²) in [5.41, 5.74) is 7.38. The van der Waals surface area contributed by atoms with Gasteiger partial charge in [-0.1, -0.05) is 12.1 Å². The van der Waals surface area contributed by atoms with Crippen LogP contribution in [0, 0.1) is 0 Å². The van der Waals surface area contributed by atoms with Crippen molar-refractivity contribution in [2.24, 2.45) is 0 Å². The van der Waals surface area contributed by atoms with E-state index < -0.39 is 37.1 Å². The van der Waals surface area contributed by atoms with E-state index in [2.05, 4.69) is 20.3 Å². The zero-order valence-electron chi connectivity index (χ0n) is 15.5. The van der Waals surface area contributed by atoms with Crippen LogP contribution in [0.1, 0.15) is 16.6 Å². The van der Waals surface area contributed by atoms with Gasteiger partial charge in [0.15, 0.2) is 23.8 Å². The zero-order chi connectivity index (χ0) is 20.5. The summed E-state index contributed by atoms with van der Waals surface area (Å²) in [5, 5.41) is 23.4.